The first-order chi connectivity index (χ1) is 6.02. The molecular formula is C7H10F6O. The molecule has 1 nitrogen and oxygen atoms in total. The Morgan fingerprint density at radius 3 is 1.71 bits per heavy atom. The summed E-state index contributed by atoms with van der Waals surface area (Å²) in [4.78, 5) is 0. The Bertz CT molecular complexity index is 185. The van der Waals surface area contributed by atoms with Crippen molar-refractivity contribution in [1.82, 2.24) is 0 Å². The van der Waals surface area contributed by atoms with Gasteiger partial charge < -0.3 is 0 Å². The smallest absolute Gasteiger partial charge is 0.235 e. The molecule has 0 N–H and O–H groups in total. The van der Waals surface area contributed by atoms with E-state index in [1.165, 1.54) is 6.92 Å². The van der Waals surface area contributed by atoms with E-state index >= 15 is 0 Å². The highest BCUT2D eigenvalue weighted by Gasteiger charge is 2.58. The Kier molecular flexibility index (Phi) is 3.83. The first kappa shape index (κ1) is 13.5. The first-order valence-electron chi connectivity index (χ1n) is 3.85. The van der Waals surface area contributed by atoms with Gasteiger partial charge in [0.2, 0.25) is 0 Å². The van der Waals surface area contributed by atoms with Crippen molar-refractivity contribution in [3.63, 3.8) is 0 Å². The fraction of sp³-hybridized carbons (Fsp3) is 1.00. The Morgan fingerprint density at radius 2 is 1.43 bits per heavy atom. The Labute approximate surface area is 77.0 Å². The fourth-order valence-corrected chi connectivity index (χ4v) is 0.867. The largest absolute Gasteiger partial charge is 0.527 e. The molecule has 0 spiro atoms. The molecule has 0 fully saturated rings. The van der Waals surface area contributed by atoms with Gasteiger partial charge in [-0.1, -0.05) is 13.3 Å². The lowest BCUT2D eigenvalue weighted by atomic mass is 10.0. The number of hydrogen-bond acceptors (Lipinski definition) is 1. The maximum Gasteiger partial charge on any atom is 0.527 e. The highest BCUT2D eigenvalue weighted by atomic mass is 19.4. The second kappa shape index (κ2) is 3.96. The molecule has 0 radical (unpaired) electrons. The average Bonchev–Trinajstić information content (AvgIpc) is 1.79. The van der Waals surface area contributed by atoms with Gasteiger partial charge in [0, 0.05) is 0 Å². The van der Waals surface area contributed by atoms with Gasteiger partial charge in [0.1, 0.15) is 0 Å². The maximum absolute atomic E-state index is 13.0. The van der Waals surface area contributed by atoms with Crippen LogP contribution in [0.4, 0.5) is 26.3 Å². The number of halogens is 6. The van der Waals surface area contributed by atoms with Crippen LogP contribution in [-0.4, -0.2) is 18.1 Å². The summed E-state index contributed by atoms with van der Waals surface area (Å²) >= 11 is 0. The van der Waals surface area contributed by atoms with Gasteiger partial charge in [-0.3, -0.25) is 0 Å². The number of alkyl halides is 6. The third-order valence-corrected chi connectivity index (χ3v) is 1.57. The third-order valence-electron chi connectivity index (χ3n) is 1.57. The van der Waals surface area contributed by atoms with Crippen LogP contribution in [0.5, 0.6) is 0 Å². The third kappa shape index (κ3) is 3.73. The molecule has 86 valence electrons. The second-order valence-corrected chi connectivity index (χ2v) is 3.01. The molecule has 7 heteroatoms. The number of ether oxygens (including phenoxy) is 1. The van der Waals surface area contributed by atoms with Crippen LogP contribution in [-0.2, 0) is 4.74 Å². The van der Waals surface area contributed by atoms with Gasteiger partial charge in [0.05, 0.1) is 0 Å². The summed E-state index contributed by atoms with van der Waals surface area (Å²) in [6.45, 7) is 1.75. The van der Waals surface area contributed by atoms with Crippen LogP contribution in [0.1, 0.15) is 26.7 Å². The van der Waals surface area contributed by atoms with Crippen molar-refractivity contribution in [1.29, 1.82) is 0 Å². The molecule has 0 amide bonds. The van der Waals surface area contributed by atoms with Crippen molar-refractivity contribution in [3.05, 3.63) is 0 Å². The highest BCUT2D eigenvalue weighted by molar-refractivity contribution is 4.82. The molecule has 0 aromatic rings. The number of rotatable bonds is 4. The van der Waals surface area contributed by atoms with Crippen LogP contribution in [0.25, 0.3) is 0 Å². The molecule has 0 aromatic heterocycles. The van der Waals surface area contributed by atoms with Crippen molar-refractivity contribution in [2.45, 2.75) is 44.8 Å². The van der Waals surface area contributed by atoms with E-state index in [1.54, 1.807) is 0 Å². The standard InChI is InChI=1S/C7H10F6O/c1-3-4-5(2,8)6(9,10)14-7(11,12)13/h3-4H2,1-2H3. The monoisotopic (exact) mass is 224 g/mol. The van der Waals surface area contributed by atoms with E-state index in [0.717, 1.165) is 0 Å². The van der Waals surface area contributed by atoms with Crippen LogP contribution >= 0.6 is 0 Å². The summed E-state index contributed by atoms with van der Waals surface area (Å²) in [7, 11) is 0. The van der Waals surface area contributed by atoms with Crippen LogP contribution in [0.2, 0.25) is 0 Å². The summed E-state index contributed by atoms with van der Waals surface area (Å²) in [6.07, 6.45) is -11.1. The molecule has 0 aliphatic heterocycles. The SMILES string of the molecule is CCCC(C)(F)C(F)(F)OC(F)(F)F. The van der Waals surface area contributed by atoms with E-state index < -0.39 is 24.6 Å². The van der Waals surface area contributed by atoms with Gasteiger partial charge in [-0.25, -0.2) is 9.13 Å². The Balaban J connectivity index is 4.59. The zero-order chi connectivity index (χ0) is 11.6. The summed E-state index contributed by atoms with van der Waals surface area (Å²) < 4.78 is 75.0. The van der Waals surface area contributed by atoms with Gasteiger partial charge in [-0.2, -0.15) is 8.78 Å². The average molecular weight is 224 g/mol. The van der Waals surface area contributed by atoms with E-state index in [-0.39, 0.29) is 6.42 Å². The van der Waals surface area contributed by atoms with Crippen molar-refractivity contribution in [2.24, 2.45) is 0 Å². The van der Waals surface area contributed by atoms with E-state index in [4.69, 9.17) is 0 Å². The molecule has 0 saturated carbocycles. The highest BCUT2D eigenvalue weighted by Crippen LogP contribution is 2.40. The van der Waals surface area contributed by atoms with E-state index in [2.05, 4.69) is 4.74 Å². The minimum absolute atomic E-state index is 0.0101. The molecule has 0 aromatic carbocycles. The lowest BCUT2D eigenvalue weighted by Crippen LogP contribution is -2.46. The van der Waals surface area contributed by atoms with Crippen molar-refractivity contribution >= 4 is 0 Å². The van der Waals surface area contributed by atoms with Gasteiger partial charge in [-0.05, 0) is 13.3 Å². The molecule has 14 heavy (non-hydrogen) atoms. The van der Waals surface area contributed by atoms with Crippen molar-refractivity contribution < 1.29 is 31.1 Å². The predicted molar refractivity (Wildman–Crippen MR) is 36.5 cm³/mol. The topological polar surface area (TPSA) is 9.23 Å². The Morgan fingerprint density at radius 1 is 1.00 bits per heavy atom. The Hall–Kier alpha value is -0.460. The first-order valence-corrected chi connectivity index (χ1v) is 3.85. The molecule has 1 atom stereocenters. The minimum Gasteiger partial charge on any atom is -0.235 e. The zero-order valence-electron chi connectivity index (χ0n) is 7.59. The van der Waals surface area contributed by atoms with Crippen LogP contribution in [0.3, 0.4) is 0 Å². The molecule has 1 unspecified atom stereocenters. The maximum atomic E-state index is 13.0. The summed E-state index contributed by atoms with van der Waals surface area (Å²) in [5, 5.41) is 0. The van der Waals surface area contributed by atoms with E-state index in [9.17, 15) is 26.3 Å². The van der Waals surface area contributed by atoms with Gasteiger partial charge in [0.15, 0.2) is 5.67 Å². The van der Waals surface area contributed by atoms with Crippen molar-refractivity contribution in [2.75, 3.05) is 0 Å². The van der Waals surface area contributed by atoms with Gasteiger partial charge >= 0.3 is 12.5 Å². The van der Waals surface area contributed by atoms with E-state index in [0.29, 0.717) is 6.92 Å². The molecule has 0 aliphatic carbocycles. The minimum atomic E-state index is -5.55. The normalized spacial score (nSPS) is 18.0. The fourth-order valence-electron chi connectivity index (χ4n) is 0.867. The molecular weight excluding hydrogens is 214 g/mol. The lowest BCUT2D eigenvalue weighted by molar-refractivity contribution is -0.449. The second-order valence-electron chi connectivity index (χ2n) is 3.01. The summed E-state index contributed by atoms with van der Waals surface area (Å²) in [6, 6.07) is 0. The molecule has 0 saturated heterocycles. The lowest BCUT2D eigenvalue weighted by Gasteiger charge is -2.29. The molecule has 0 bridgehead atoms. The number of hydrogen-bond donors (Lipinski definition) is 0. The molecule has 0 heterocycles. The quantitative estimate of drug-likeness (QED) is 0.662. The molecule has 0 rings (SSSR count). The predicted octanol–water partition coefficient (Wildman–Crippen LogP) is 3.64. The van der Waals surface area contributed by atoms with Crippen LogP contribution in [0.15, 0.2) is 0 Å². The van der Waals surface area contributed by atoms with Crippen LogP contribution < -0.4 is 0 Å². The van der Waals surface area contributed by atoms with Crippen LogP contribution in [0, 0.1) is 0 Å². The van der Waals surface area contributed by atoms with E-state index in [1.807, 2.05) is 0 Å². The van der Waals surface area contributed by atoms with Crippen molar-refractivity contribution in [3.8, 4) is 0 Å². The molecule has 0 aliphatic rings. The summed E-state index contributed by atoms with van der Waals surface area (Å²) in [5.41, 5.74) is -3.32. The zero-order valence-corrected chi connectivity index (χ0v) is 7.59. The van der Waals surface area contributed by atoms with Gasteiger partial charge in [-0.15, -0.1) is 13.2 Å². The van der Waals surface area contributed by atoms with Gasteiger partial charge in [0.25, 0.3) is 0 Å². The summed E-state index contributed by atoms with van der Waals surface area (Å²) in [5.74, 6) is 0.